The van der Waals surface area contributed by atoms with Crippen LogP contribution in [0.1, 0.15) is 17.5 Å². The molecule has 0 saturated carbocycles. The standard InChI is InChI=1S/C15H18N2OS/c1-11-4-5-12(3-2-7-16)9-14(11)17-15(18)13-6-8-19-10-13/h4-5,9,13H,6-8,10,16H2,1H3,(H,17,18). The first-order valence-corrected chi connectivity index (χ1v) is 7.54. The Morgan fingerprint density at radius 1 is 1.58 bits per heavy atom. The van der Waals surface area contributed by atoms with Gasteiger partial charge in [0.2, 0.25) is 5.91 Å². The maximum absolute atomic E-state index is 12.1. The molecule has 1 unspecified atom stereocenters. The number of aryl methyl sites for hydroxylation is 1. The Labute approximate surface area is 118 Å². The van der Waals surface area contributed by atoms with Gasteiger partial charge in [-0.2, -0.15) is 11.8 Å². The number of nitrogens with two attached hydrogens (primary N) is 1. The van der Waals surface area contributed by atoms with Gasteiger partial charge in [0.15, 0.2) is 0 Å². The van der Waals surface area contributed by atoms with Gasteiger partial charge >= 0.3 is 0 Å². The van der Waals surface area contributed by atoms with E-state index in [0.29, 0.717) is 6.54 Å². The van der Waals surface area contributed by atoms with E-state index in [9.17, 15) is 4.79 Å². The molecule has 3 nitrogen and oxygen atoms in total. The number of hydrogen-bond donors (Lipinski definition) is 2. The molecule has 1 saturated heterocycles. The lowest BCUT2D eigenvalue weighted by atomic mass is 10.1. The summed E-state index contributed by atoms with van der Waals surface area (Å²) in [6.45, 7) is 2.33. The van der Waals surface area contributed by atoms with Gasteiger partial charge in [-0.25, -0.2) is 0 Å². The number of amides is 1. The van der Waals surface area contributed by atoms with Crippen LogP contribution in [-0.2, 0) is 4.79 Å². The Balaban J connectivity index is 2.12. The normalized spacial score (nSPS) is 17.7. The van der Waals surface area contributed by atoms with Crippen LogP contribution in [0.5, 0.6) is 0 Å². The van der Waals surface area contributed by atoms with Crippen molar-refractivity contribution in [2.24, 2.45) is 11.7 Å². The molecular weight excluding hydrogens is 256 g/mol. The van der Waals surface area contributed by atoms with Crippen LogP contribution < -0.4 is 11.1 Å². The van der Waals surface area contributed by atoms with Crippen molar-refractivity contribution in [2.75, 3.05) is 23.4 Å². The first kappa shape index (κ1) is 14.0. The second kappa shape index (κ2) is 6.65. The molecule has 3 N–H and O–H groups in total. The van der Waals surface area contributed by atoms with Crippen molar-refractivity contribution in [2.45, 2.75) is 13.3 Å². The van der Waals surface area contributed by atoms with Crippen LogP contribution in [0.3, 0.4) is 0 Å². The van der Waals surface area contributed by atoms with Gasteiger partial charge in [-0.1, -0.05) is 17.9 Å². The summed E-state index contributed by atoms with van der Waals surface area (Å²) >= 11 is 1.84. The first-order chi connectivity index (χ1) is 9.20. The monoisotopic (exact) mass is 274 g/mol. The Morgan fingerprint density at radius 2 is 2.42 bits per heavy atom. The fraction of sp³-hybridized carbons (Fsp3) is 0.400. The number of rotatable bonds is 2. The predicted octanol–water partition coefficient (Wildman–Crippen LogP) is 2.00. The van der Waals surface area contributed by atoms with Gasteiger partial charge in [-0.3, -0.25) is 4.79 Å². The molecule has 0 spiro atoms. The lowest BCUT2D eigenvalue weighted by molar-refractivity contribution is -0.119. The number of carbonyl (C=O) groups excluding carboxylic acids is 1. The summed E-state index contributed by atoms with van der Waals surface area (Å²) in [5, 5.41) is 3.02. The van der Waals surface area contributed by atoms with Crippen molar-refractivity contribution in [3.8, 4) is 11.8 Å². The molecule has 0 radical (unpaired) electrons. The molecule has 1 aliphatic rings. The highest BCUT2D eigenvalue weighted by Gasteiger charge is 2.23. The maximum Gasteiger partial charge on any atom is 0.228 e. The first-order valence-electron chi connectivity index (χ1n) is 6.39. The van der Waals surface area contributed by atoms with Crippen molar-refractivity contribution in [1.82, 2.24) is 0 Å². The van der Waals surface area contributed by atoms with Gasteiger partial charge in [0.25, 0.3) is 0 Å². The van der Waals surface area contributed by atoms with E-state index in [1.54, 1.807) is 0 Å². The van der Waals surface area contributed by atoms with Gasteiger partial charge in [0, 0.05) is 22.9 Å². The topological polar surface area (TPSA) is 55.1 Å². The molecule has 1 aromatic rings. The summed E-state index contributed by atoms with van der Waals surface area (Å²) in [4.78, 5) is 12.1. The van der Waals surface area contributed by atoms with Crippen LogP contribution in [0, 0.1) is 24.7 Å². The average Bonchev–Trinajstić information content (AvgIpc) is 2.93. The Morgan fingerprint density at radius 3 is 3.11 bits per heavy atom. The van der Waals surface area contributed by atoms with Crippen molar-refractivity contribution in [3.05, 3.63) is 29.3 Å². The van der Waals surface area contributed by atoms with E-state index in [0.717, 1.165) is 34.7 Å². The zero-order valence-corrected chi connectivity index (χ0v) is 11.8. The Kier molecular flexibility index (Phi) is 4.89. The number of hydrogen-bond acceptors (Lipinski definition) is 3. The third-order valence-corrected chi connectivity index (χ3v) is 4.29. The van der Waals surface area contributed by atoms with E-state index >= 15 is 0 Å². The minimum Gasteiger partial charge on any atom is -0.326 e. The van der Waals surface area contributed by atoms with Crippen molar-refractivity contribution < 1.29 is 4.79 Å². The smallest absolute Gasteiger partial charge is 0.228 e. The summed E-state index contributed by atoms with van der Waals surface area (Å²) in [7, 11) is 0. The highest BCUT2D eigenvalue weighted by molar-refractivity contribution is 7.99. The number of carbonyl (C=O) groups is 1. The minimum absolute atomic E-state index is 0.122. The van der Waals surface area contributed by atoms with E-state index < -0.39 is 0 Å². The summed E-state index contributed by atoms with van der Waals surface area (Å²) < 4.78 is 0. The molecule has 1 heterocycles. The van der Waals surface area contributed by atoms with E-state index in [-0.39, 0.29) is 11.8 Å². The Bertz CT molecular complexity index is 525. The molecule has 0 bridgehead atoms. The molecule has 1 aliphatic heterocycles. The lowest BCUT2D eigenvalue weighted by Gasteiger charge is -2.12. The minimum atomic E-state index is 0.122. The number of nitrogens with one attached hydrogen (secondary N) is 1. The van der Waals surface area contributed by atoms with E-state index in [1.165, 1.54) is 0 Å². The largest absolute Gasteiger partial charge is 0.326 e. The van der Waals surface area contributed by atoms with E-state index in [1.807, 2.05) is 36.9 Å². The van der Waals surface area contributed by atoms with Crippen LogP contribution in [0.25, 0.3) is 0 Å². The van der Waals surface area contributed by atoms with Crippen LogP contribution in [-0.4, -0.2) is 24.0 Å². The molecule has 1 aromatic carbocycles. The molecule has 100 valence electrons. The fourth-order valence-electron chi connectivity index (χ4n) is 1.96. The molecule has 0 aliphatic carbocycles. The third-order valence-electron chi connectivity index (χ3n) is 3.13. The summed E-state index contributed by atoms with van der Waals surface area (Å²) in [6, 6.07) is 5.83. The maximum atomic E-state index is 12.1. The number of benzene rings is 1. The van der Waals surface area contributed by atoms with Crippen LogP contribution >= 0.6 is 11.8 Å². The van der Waals surface area contributed by atoms with Gasteiger partial charge < -0.3 is 11.1 Å². The molecule has 1 fully saturated rings. The van der Waals surface area contributed by atoms with Gasteiger partial charge in [-0.15, -0.1) is 0 Å². The highest BCUT2D eigenvalue weighted by atomic mass is 32.2. The van der Waals surface area contributed by atoms with Crippen molar-refractivity contribution >= 4 is 23.4 Å². The third kappa shape index (κ3) is 3.76. The Hall–Kier alpha value is -1.44. The molecule has 19 heavy (non-hydrogen) atoms. The van der Waals surface area contributed by atoms with E-state index in [2.05, 4.69) is 17.2 Å². The quantitative estimate of drug-likeness (QED) is 0.811. The second-order valence-corrected chi connectivity index (χ2v) is 5.74. The van der Waals surface area contributed by atoms with Gasteiger partial charge in [0.1, 0.15) is 0 Å². The molecule has 1 atom stereocenters. The highest BCUT2D eigenvalue weighted by Crippen LogP contribution is 2.25. The predicted molar refractivity (Wildman–Crippen MR) is 81.2 cm³/mol. The summed E-state index contributed by atoms with van der Waals surface area (Å²) in [6.07, 6.45) is 0.974. The second-order valence-electron chi connectivity index (χ2n) is 4.59. The SMILES string of the molecule is Cc1ccc(C#CCN)cc1NC(=O)C1CCSC1. The number of thioether (sulfide) groups is 1. The fourth-order valence-corrected chi connectivity index (χ4v) is 3.18. The zero-order valence-electron chi connectivity index (χ0n) is 11.0. The zero-order chi connectivity index (χ0) is 13.7. The summed E-state index contributed by atoms with van der Waals surface area (Å²) in [5.41, 5.74) is 8.15. The van der Waals surface area contributed by atoms with Gasteiger partial charge in [0.05, 0.1) is 6.54 Å². The van der Waals surface area contributed by atoms with Gasteiger partial charge in [-0.05, 0) is 36.8 Å². The molecule has 4 heteroatoms. The number of anilines is 1. The van der Waals surface area contributed by atoms with Crippen molar-refractivity contribution in [3.63, 3.8) is 0 Å². The lowest BCUT2D eigenvalue weighted by Crippen LogP contribution is -2.22. The van der Waals surface area contributed by atoms with Crippen LogP contribution in [0.4, 0.5) is 5.69 Å². The van der Waals surface area contributed by atoms with Crippen LogP contribution in [0.2, 0.25) is 0 Å². The molecular formula is C15H18N2OS. The van der Waals surface area contributed by atoms with Crippen LogP contribution in [0.15, 0.2) is 18.2 Å². The average molecular weight is 274 g/mol. The van der Waals surface area contributed by atoms with Crippen molar-refractivity contribution in [1.29, 1.82) is 0 Å². The summed E-state index contributed by atoms with van der Waals surface area (Å²) in [5.74, 6) is 8.08. The molecule has 1 amide bonds. The molecule has 2 rings (SSSR count). The molecule has 0 aromatic heterocycles. The van der Waals surface area contributed by atoms with E-state index in [4.69, 9.17) is 5.73 Å².